The van der Waals surface area contributed by atoms with Crippen LogP contribution in [0.4, 0.5) is 16.2 Å². The van der Waals surface area contributed by atoms with Gasteiger partial charge in [-0.2, -0.15) is 0 Å². The summed E-state index contributed by atoms with van der Waals surface area (Å²) in [6.07, 6.45) is 7.02. The number of carbonyl (C=O) groups excluding carboxylic acids is 1. The van der Waals surface area contributed by atoms with Crippen LogP contribution in [0.5, 0.6) is 0 Å². The first-order valence-corrected chi connectivity index (χ1v) is 10.4. The largest absolute Gasteiger partial charge is 0.369 e. The SMILES string of the molecule is CCN(CC)C(=O)Nc1ccc(N2CCN(C3CCCCC3)CC2)cc1. The second kappa shape index (κ2) is 9.26. The molecule has 5 heteroatoms. The normalized spacial score (nSPS) is 19.4. The number of piperazine rings is 1. The monoisotopic (exact) mass is 358 g/mol. The molecule has 1 aliphatic heterocycles. The van der Waals surface area contributed by atoms with Crippen molar-refractivity contribution >= 4 is 17.4 Å². The zero-order valence-electron chi connectivity index (χ0n) is 16.4. The van der Waals surface area contributed by atoms with Crippen molar-refractivity contribution in [2.75, 3.05) is 49.5 Å². The van der Waals surface area contributed by atoms with Crippen LogP contribution >= 0.6 is 0 Å². The van der Waals surface area contributed by atoms with Gasteiger partial charge in [0.25, 0.3) is 0 Å². The van der Waals surface area contributed by atoms with Crippen molar-refractivity contribution in [1.82, 2.24) is 9.80 Å². The van der Waals surface area contributed by atoms with E-state index in [1.54, 1.807) is 4.90 Å². The Morgan fingerprint density at radius 1 is 1.00 bits per heavy atom. The lowest BCUT2D eigenvalue weighted by Gasteiger charge is -2.41. The molecule has 2 fully saturated rings. The van der Waals surface area contributed by atoms with Gasteiger partial charge in [0.15, 0.2) is 0 Å². The van der Waals surface area contributed by atoms with Gasteiger partial charge >= 0.3 is 6.03 Å². The molecular formula is C21H34N4O. The van der Waals surface area contributed by atoms with Crippen molar-refractivity contribution in [2.45, 2.75) is 52.0 Å². The lowest BCUT2D eigenvalue weighted by Crippen LogP contribution is -2.50. The van der Waals surface area contributed by atoms with E-state index in [0.717, 1.165) is 37.9 Å². The minimum Gasteiger partial charge on any atom is -0.369 e. The zero-order valence-corrected chi connectivity index (χ0v) is 16.4. The van der Waals surface area contributed by atoms with Gasteiger partial charge in [0.2, 0.25) is 0 Å². The molecule has 0 aromatic heterocycles. The van der Waals surface area contributed by atoms with E-state index in [1.165, 1.54) is 50.9 Å². The summed E-state index contributed by atoms with van der Waals surface area (Å²) in [5.74, 6) is 0. The lowest BCUT2D eigenvalue weighted by atomic mass is 9.94. The molecule has 0 atom stereocenters. The van der Waals surface area contributed by atoms with E-state index >= 15 is 0 Å². The molecule has 1 aliphatic carbocycles. The third-order valence-corrected chi connectivity index (χ3v) is 5.94. The predicted octanol–water partition coefficient (Wildman–Crippen LogP) is 4.02. The number of urea groups is 1. The third kappa shape index (κ3) is 4.70. The van der Waals surface area contributed by atoms with Gasteiger partial charge in [0.05, 0.1) is 0 Å². The van der Waals surface area contributed by atoms with Gasteiger partial charge in [-0.25, -0.2) is 4.79 Å². The molecule has 2 aliphatic rings. The number of anilines is 2. The maximum absolute atomic E-state index is 12.1. The summed E-state index contributed by atoms with van der Waals surface area (Å²) in [6, 6.07) is 9.10. The van der Waals surface area contributed by atoms with Crippen molar-refractivity contribution in [1.29, 1.82) is 0 Å². The fraction of sp³-hybridized carbons (Fsp3) is 0.667. The molecule has 2 amide bonds. The number of hydrogen-bond donors (Lipinski definition) is 1. The molecule has 5 nitrogen and oxygen atoms in total. The summed E-state index contributed by atoms with van der Waals surface area (Å²) in [7, 11) is 0. The Hall–Kier alpha value is -1.75. The summed E-state index contributed by atoms with van der Waals surface area (Å²) in [5, 5.41) is 2.98. The van der Waals surface area contributed by atoms with Crippen LogP contribution in [0.2, 0.25) is 0 Å². The average molecular weight is 359 g/mol. The highest BCUT2D eigenvalue weighted by Crippen LogP contribution is 2.25. The maximum atomic E-state index is 12.1. The third-order valence-electron chi connectivity index (χ3n) is 5.94. The molecule has 1 aromatic carbocycles. The summed E-state index contributed by atoms with van der Waals surface area (Å²) in [4.78, 5) is 19.1. The fourth-order valence-corrected chi connectivity index (χ4v) is 4.26. The number of amides is 2. The van der Waals surface area contributed by atoms with Crippen LogP contribution in [0.1, 0.15) is 46.0 Å². The van der Waals surface area contributed by atoms with Gasteiger partial charge in [-0.15, -0.1) is 0 Å². The van der Waals surface area contributed by atoms with E-state index in [2.05, 4.69) is 27.2 Å². The van der Waals surface area contributed by atoms with Crippen LogP contribution in [0, 0.1) is 0 Å². The molecular weight excluding hydrogens is 324 g/mol. The first-order valence-electron chi connectivity index (χ1n) is 10.4. The summed E-state index contributed by atoms with van der Waals surface area (Å²) in [5.41, 5.74) is 2.13. The summed E-state index contributed by atoms with van der Waals surface area (Å²) in [6.45, 7) is 10.00. The first-order chi connectivity index (χ1) is 12.7. The van der Waals surface area contributed by atoms with E-state index in [4.69, 9.17) is 0 Å². The number of nitrogens with one attached hydrogen (secondary N) is 1. The van der Waals surface area contributed by atoms with Gasteiger partial charge in [0.1, 0.15) is 0 Å². The van der Waals surface area contributed by atoms with E-state index in [9.17, 15) is 4.79 Å². The lowest BCUT2D eigenvalue weighted by molar-refractivity contribution is 0.148. The smallest absolute Gasteiger partial charge is 0.321 e. The van der Waals surface area contributed by atoms with Crippen molar-refractivity contribution in [2.24, 2.45) is 0 Å². The second-order valence-corrected chi connectivity index (χ2v) is 7.46. The Kier molecular flexibility index (Phi) is 6.78. The molecule has 26 heavy (non-hydrogen) atoms. The number of hydrogen-bond acceptors (Lipinski definition) is 3. The topological polar surface area (TPSA) is 38.8 Å². The molecule has 0 bridgehead atoms. The fourth-order valence-electron chi connectivity index (χ4n) is 4.26. The summed E-state index contributed by atoms with van der Waals surface area (Å²) >= 11 is 0. The highest BCUT2D eigenvalue weighted by atomic mass is 16.2. The molecule has 0 unspecified atom stereocenters. The van der Waals surface area contributed by atoms with Gasteiger partial charge in [-0.1, -0.05) is 19.3 Å². The van der Waals surface area contributed by atoms with E-state index in [1.807, 2.05) is 26.0 Å². The quantitative estimate of drug-likeness (QED) is 0.864. The van der Waals surface area contributed by atoms with Crippen molar-refractivity contribution in [3.63, 3.8) is 0 Å². The standard InChI is InChI=1S/C21H34N4O/c1-3-23(4-2)21(26)22-18-10-12-20(13-11-18)25-16-14-24(15-17-25)19-8-6-5-7-9-19/h10-13,19H,3-9,14-17H2,1-2H3,(H,22,26). The van der Waals surface area contributed by atoms with Crippen LogP contribution < -0.4 is 10.2 Å². The molecule has 0 spiro atoms. The minimum absolute atomic E-state index is 0.0242. The minimum atomic E-state index is -0.0242. The van der Waals surface area contributed by atoms with Crippen molar-refractivity contribution in [3.05, 3.63) is 24.3 Å². The van der Waals surface area contributed by atoms with Crippen LogP contribution in [0.3, 0.4) is 0 Å². The van der Waals surface area contributed by atoms with Gasteiger partial charge < -0.3 is 15.1 Å². The molecule has 144 valence electrons. The van der Waals surface area contributed by atoms with Crippen LogP contribution in [-0.4, -0.2) is 61.1 Å². The highest BCUT2D eigenvalue weighted by Gasteiger charge is 2.25. The Morgan fingerprint density at radius 2 is 1.62 bits per heavy atom. The molecule has 3 rings (SSSR count). The van der Waals surface area contributed by atoms with Crippen LogP contribution in [0.15, 0.2) is 24.3 Å². The van der Waals surface area contributed by atoms with Gasteiger partial charge in [0, 0.05) is 56.7 Å². The number of benzene rings is 1. The number of carbonyl (C=O) groups is 1. The van der Waals surface area contributed by atoms with Crippen LogP contribution in [-0.2, 0) is 0 Å². The van der Waals surface area contributed by atoms with E-state index in [0.29, 0.717) is 0 Å². The molecule has 1 saturated carbocycles. The van der Waals surface area contributed by atoms with Gasteiger partial charge in [-0.3, -0.25) is 4.90 Å². The molecule has 1 saturated heterocycles. The van der Waals surface area contributed by atoms with Crippen molar-refractivity contribution < 1.29 is 4.79 Å². The summed E-state index contributed by atoms with van der Waals surface area (Å²) < 4.78 is 0. The van der Waals surface area contributed by atoms with E-state index < -0.39 is 0 Å². The Labute approximate surface area is 158 Å². The van der Waals surface area contributed by atoms with Crippen LogP contribution in [0.25, 0.3) is 0 Å². The van der Waals surface area contributed by atoms with Gasteiger partial charge in [-0.05, 0) is 51.0 Å². The van der Waals surface area contributed by atoms with Crippen molar-refractivity contribution in [3.8, 4) is 0 Å². The number of nitrogens with zero attached hydrogens (tertiary/aromatic N) is 3. The average Bonchev–Trinajstić information content (AvgIpc) is 2.70. The molecule has 1 N–H and O–H groups in total. The maximum Gasteiger partial charge on any atom is 0.321 e. The predicted molar refractivity (Wildman–Crippen MR) is 109 cm³/mol. The Balaban J connectivity index is 1.50. The molecule has 1 aromatic rings. The Morgan fingerprint density at radius 3 is 2.19 bits per heavy atom. The second-order valence-electron chi connectivity index (χ2n) is 7.46. The van der Waals surface area contributed by atoms with E-state index in [-0.39, 0.29) is 6.03 Å². The molecule has 1 heterocycles. The number of rotatable bonds is 5. The molecule has 0 radical (unpaired) electrons. The first kappa shape index (κ1) is 19.0. The zero-order chi connectivity index (χ0) is 18.4. The Bertz CT molecular complexity index is 556. The highest BCUT2D eigenvalue weighted by molar-refractivity contribution is 5.89.